The van der Waals surface area contributed by atoms with Gasteiger partial charge in [-0.15, -0.1) is 0 Å². The number of aliphatic imine (C=N–C) groups is 1. The first-order valence-corrected chi connectivity index (χ1v) is 6.70. The van der Waals surface area contributed by atoms with E-state index in [1.165, 1.54) is 6.07 Å². The second-order valence-electron chi connectivity index (χ2n) is 5.15. The molecule has 3 nitrogen and oxygen atoms in total. The monoisotopic (exact) mass is 301 g/mol. The number of halogens is 3. The number of imidazole rings is 1. The second-order valence-corrected chi connectivity index (χ2v) is 5.15. The van der Waals surface area contributed by atoms with Crippen LogP contribution in [0.3, 0.4) is 0 Å². The van der Waals surface area contributed by atoms with Crippen LogP contribution in [0.2, 0.25) is 0 Å². The Morgan fingerprint density at radius 1 is 1.14 bits per heavy atom. The van der Waals surface area contributed by atoms with Crippen molar-refractivity contribution in [1.82, 2.24) is 9.38 Å². The molecule has 3 aromatic rings. The molecule has 0 saturated carbocycles. The molecule has 110 valence electrons. The van der Waals surface area contributed by atoms with Crippen molar-refractivity contribution < 1.29 is 13.2 Å². The number of fused-ring (bicyclic) bond motifs is 2. The predicted molar refractivity (Wildman–Crippen MR) is 76.9 cm³/mol. The molecule has 0 atom stereocenters. The van der Waals surface area contributed by atoms with Crippen LogP contribution >= 0.6 is 0 Å². The minimum absolute atomic E-state index is 0.276. The van der Waals surface area contributed by atoms with E-state index in [2.05, 4.69) is 9.98 Å². The average Bonchev–Trinajstić information content (AvgIpc) is 3.12. The smallest absolute Gasteiger partial charge is 0.306 e. The van der Waals surface area contributed by atoms with E-state index in [0.29, 0.717) is 16.8 Å². The Labute approximate surface area is 123 Å². The lowest BCUT2D eigenvalue weighted by atomic mass is 9.96. The van der Waals surface area contributed by atoms with Crippen molar-refractivity contribution in [3.05, 3.63) is 59.5 Å². The van der Waals surface area contributed by atoms with Crippen molar-refractivity contribution in [2.24, 2.45) is 4.99 Å². The van der Waals surface area contributed by atoms with E-state index < -0.39 is 11.7 Å². The fourth-order valence-electron chi connectivity index (χ4n) is 2.74. The summed E-state index contributed by atoms with van der Waals surface area (Å²) in [5.74, 6) is 0. The van der Waals surface area contributed by atoms with E-state index in [4.69, 9.17) is 0 Å². The summed E-state index contributed by atoms with van der Waals surface area (Å²) in [5.41, 5.74) is 2.42. The summed E-state index contributed by atoms with van der Waals surface area (Å²) in [4.78, 5) is 8.40. The molecule has 2 aromatic heterocycles. The largest absolute Gasteiger partial charge is 0.416 e. The maximum absolute atomic E-state index is 13.1. The van der Waals surface area contributed by atoms with Gasteiger partial charge in [-0.1, -0.05) is 6.07 Å². The fourth-order valence-corrected chi connectivity index (χ4v) is 2.74. The van der Waals surface area contributed by atoms with E-state index in [1.807, 2.05) is 24.4 Å². The molecule has 3 heterocycles. The lowest BCUT2D eigenvalue weighted by Gasteiger charge is -2.12. The summed E-state index contributed by atoms with van der Waals surface area (Å²) >= 11 is 0. The molecule has 22 heavy (non-hydrogen) atoms. The van der Waals surface area contributed by atoms with Crippen molar-refractivity contribution in [2.75, 3.05) is 0 Å². The number of hydrogen-bond donors (Lipinski definition) is 0. The van der Waals surface area contributed by atoms with Gasteiger partial charge < -0.3 is 4.40 Å². The molecule has 0 spiro atoms. The van der Waals surface area contributed by atoms with Crippen molar-refractivity contribution in [3.8, 4) is 11.3 Å². The Balaban J connectivity index is 2.02. The molecule has 0 radical (unpaired) electrons. The topological polar surface area (TPSA) is 29.7 Å². The van der Waals surface area contributed by atoms with Gasteiger partial charge in [0.25, 0.3) is 0 Å². The van der Waals surface area contributed by atoms with Gasteiger partial charge in [0.2, 0.25) is 0 Å². The highest BCUT2D eigenvalue weighted by atomic mass is 19.4. The number of aromatic nitrogens is 2. The molecule has 0 N–H and O–H groups in total. The van der Waals surface area contributed by atoms with Crippen LogP contribution in [0.4, 0.5) is 13.2 Å². The van der Waals surface area contributed by atoms with Gasteiger partial charge in [-0.3, -0.25) is 4.99 Å². The van der Waals surface area contributed by atoms with Crippen LogP contribution in [0.15, 0.2) is 47.8 Å². The third-order valence-corrected chi connectivity index (χ3v) is 3.77. The third-order valence-electron chi connectivity index (χ3n) is 3.77. The number of benzene rings is 1. The van der Waals surface area contributed by atoms with E-state index in [-0.39, 0.29) is 6.54 Å². The number of pyridine rings is 1. The number of rotatable bonds is 1. The van der Waals surface area contributed by atoms with Gasteiger partial charge in [-0.05, 0) is 29.8 Å². The molecule has 0 bridgehead atoms. The molecular formula is C16H10F3N3. The van der Waals surface area contributed by atoms with Gasteiger partial charge >= 0.3 is 6.18 Å². The summed E-state index contributed by atoms with van der Waals surface area (Å²) in [6, 6.07) is 7.84. The van der Waals surface area contributed by atoms with Crippen LogP contribution in [-0.2, 0) is 12.7 Å². The standard InChI is InChI=1S/C16H10F3N3/c17-16(18,19)11-5-10-7-20-8-13(10)12(6-11)15-14-3-1-2-4-22(14)9-21-15/h1-6,8-9H,7H2. The molecule has 1 aliphatic rings. The molecule has 0 saturated heterocycles. The Morgan fingerprint density at radius 3 is 2.82 bits per heavy atom. The number of alkyl halides is 3. The first-order valence-electron chi connectivity index (χ1n) is 6.70. The van der Waals surface area contributed by atoms with Gasteiger partial charge in [0.1, 0.15) is 0 Å². The maximum atomic E-state index is 13.1. The average molecular weight is 301 g/mol. The molecule has 0 fully saturated rings. The normalized spacial score (nSPS) is 13.8. The minimum Gasteiger partial charge on any atom is -0.306 e. The summed E-state index contributed by atoms with van der Waals surface area (Å²) in [6.45, 7) is 0.276. The minimum atomic E-state index is -4.39. The summed E-state index contributed by atoms with van der Waals surface area (Å²) in [7, 11) is 0. The number of nitrogens with zero attached hydrogens (tertiary/aromatic N) is 3. The highest BCUT2D eigenvalue weighted by molar-refractivity contribution is 5.96. The predicted octanol–water partition coefficient (Wildman–Crippen LogP) is 3.95. The number of hydrogen-bond acceptors (Lipinski definition) is 2. The van der Waals surface area contributed by atoms with Gasteiger partial charge in [0.05, 0.1) is 29.6 Å². The third kappa shape index (κ3) is 1.91. The quantitative estimate of drug-likeness (QED) is 0.669. The van der Waals surface area contributed by atoms with Crippen molar-refractivity contribution in [1.29, 1.82) is 0 Å². The lowest BCUT2D eigenvalue weighted by molar-refractivity contribution is -0.137. The van der Waals surface area contributed by atoms with Crippen LogP contribution in [0.5, 0.6) is 0 Å². The molecule has 0 amide bonds. The highest BCUT2D eigenvalue weighted by Crippen LogP contribution is 2.37. The Hall–Kier alpha value is -2.63. The van der Waals surface area contributed by atoms with Crippen molar-refractivity contribution in [3.63, 3.8) is 0 Å². The summed E-state index contributed by atoms with van der Waals surface area (Å²) < 4.78 is 41.2. The van der Waals surface area contributed by atoms with Crippen LogP contribution < -0.4 is 0 Å². The van der Waals surface area contributed by atoms with Crippen LogP contribution in [0, 0.1) is 0 Å². The fraction of sp³-hybridized carbons (Fsp3) is 0.125. The Kier molecular flexibility index (Phi) is 2.63. The van der Waals surface area contributed by atoms with Crippen molar-refractivity contribution >= 4 is 11.7 Å². The van der Waals surface area contributed by atoms with E-state index >= 15 is 0 Å². The van der Waals surface area contributed by atoms with E-state index in [1.54, 1.807) is 16.9 Å². The molecular weight excluding hydrogens is 291 g/mol. The zero-order valence-electron chi connectivity index (χ0n) is 11.3. The first kappa shape index (κ1) is 13.1. The molecule has 1 aromatic carbocycles. The van der Waals surface area contributed by atoms with Gasteiger partial charge in [-0.25, -0.2) is 4.98 Å². The molecule has 6 heteroatoms. The van der Waals surface area contributed by atoms with E-state index in [0.717, 1.165) is 17.1 Å². The lowest BCUT2D eigenvalue weighted by Crippen LogP contribution is -2.07. The van der Waals surface area contributed by atoms with Gasteiger partial charge in [-0.2, -0.15) is 13.2 Å². The Morgan fingerprint density at radius 2 is 2.00 bits per heavy atom. The molecule has 0 unspecified atom stereocenters. The zero-order valence-corrected chi connectivity index (χ0v) is 11.3. The maximum Gasteiger partial charge on any atom is 0.416 e. The molecule has 4 rings (SSSR count). The summed E-state index contributed by atoms with van der Waals surface area (Å²) in [6.07, 6.45) is 0.651. The first-order chi connectivity index (χ1) is 10.5. The van der Waals surface area contributed by atoms with Crippen molar-refractivity contribution in [2.45, 2.75) is 12.7 Å². The van der Waals surface area contributed by atoms with Crippen LogP contribution in [0.1, 0.15) is 16.7 Å². The van der Waals surface area contributed by atoms with E-state index in [9.17, 15) is 13.2 Å². The highest BCUT2D eigenvalue weighted by Gasteiger charge is 2.33. The van der Waals surface area contributed by atoms with Crippen LogP contribution in [0.25, 0.3) is 16.8 Å². The van der Waals surface area contributed by atoms with Crippen LogP contribution in [-0.4, -0.2) is 15.6 Å². The zero-order chi connectivity index (χ0) is 15.3. The van der Waals surface area contributed by atoms with Gasteiger partial charge in [0.15, 0.2) is 0 Å². The second kappa shape index (κ2) is 4.43. The van der Waals surface area contributed by atoms with Gasteiger partial charge in [0, 0.05) is 23.5 Å². The molecule has 1 aliphatic heterocycles. The SMILES string of the molecule is FC(F)(F)c1cc2c(c(-c3ncn4ccccc34)c1)C=NC2. The Bertz CT molecular complexity index is 907. The summed E-state index contributed by atoms with van der Waals surface area (Å²) in [5, 5.41) is 0. The molecule has 0 aliphatic carbocycles.